The maximum absolute atomic E-state index is 12.3. The van der Waals surface area contributed by atoms with E-state index in [0.717, 1.165) is 5.56 Å². The topological polar surface area (TPSA) is 93.2 Å². The SMILES string of the molecule is COc1ccc(NC(=O)CCc2nnc(C(=O)Nc3ccc(C)cc3)s2)cc1Cl. The molecule has 0 saturated heterocycles. The van der Waals surface area contributed by atoms with Gasteiger partial charge in [0.2, 0.25) is 10.9 Å². The third-order valence-electron chi connectivity index (χ3n) is 3.97. The fourth-order valence-corrected chi connectivity index (χ4v) is 3.45. The Bertz CT molecular complexity index is 1020. The number of carbonyl (C=O) groups is 2. The number of nitrogens with zero attached hydrogens (tertiary/aromatic N) is 2. The number of aromatic nitrogens is 2. The Hall–Kier alpha value is -2.97. The highest BCUT2D eigenvalue weighted by atomic mass is 35.5. The lowest BCUT2D eigenvalue weighted by atomic mass is 10.2. The van der Waals surface area contributed by atoms with Crippen LogP contribution in [0, 0.1) is 6.92 Å². The molecule has 9 heteroatoms. The zero-order valence-corrected chi connectivity index (χ0v) is 17.4. The summed E-state index contributed by atoms with van der Waals surface area (Å²) in [5.41, 5.74) is 2.38. The largest absolute Gasteiger partial charge is 0.495 e. The van der Waals surface area contributed by atoms with Crippen LogP contribution < -0.4 is 15.4 Å². The molecule has 1 heterocycles. The number of carbonyl (C=O) groups excluding carboxylic acids is 2. The van der Waals surface area contributed by atoms with E-state index < -0.39 is 0 Å². The maximum Gasteiger partial charge on any atom is 0.286 e. The minimum absolute atomic E-state index is 0.188. The second-order valence-corrected chi connectivity index (χ2v) is 7.69. The van der Waals surface area contributed by atoms with Crippen LogP contribution in [0.2, 0.25) is 5.02 Å². The highest BCUT2D eigenvalue weighted by Gasteiger charge is 2.14. The number of anilines is 2. The molecule has 0 atom stereocenters. The Morgan fingerprint density at radius 3 is 2.48 bits per heavy atom. The Balaban J connectivity index is 1.52. The van der Waals surface area contributed by atoms with Crippen LogP contribution in [0.3, 0.4) is 0 Å². The molecule has 0 radical (unpaired) electrons. The van der Waals surface area contributed by atoms with E-state index in [4.69, 9.17) is 16.3 Å². The Labute approximate surface area is 177 Å². The summed E-state index contributed by atoms with van der Waals surface area (Å²) in [4.78, 5) is 24.4. The molecule has 150 valence electrons. The average molecular weight is 431 g/mol. The van der Waals surface area contributed by atoms with Gasteiger partial charge in [0.1, 0.15) is 10.8 Å². The summed E-state index contributed by atoms with van der Waals surface area (Å²) in [7, 11) is 1.52. The zero-order valence-electron chi connectivity index (χ0n) is 15.9. The summed E-state index contributed by atoms with van der Waals surface area (Å²) in [5, 5.41) is 14.7. The van der Waals surface area contributed by atoms with Crippen molar-refractivity contribution in [3.05, 3.63) is 63.1 Å². The number of hydrogen-bond acceptors (Lipinski definition) is 6. The second kappa shape index (κ2) is 9.49. The smallest absolute Gasteiger partial charge is 0.286 e. The van der Waals surface area contributed by atoms with E-state index in [9.17, 15) is 9.59 Å². The third-order valence-corrected chi connectivity index (χ3v) is 5.25. The molecule has 0 aliphatic heterocycles. The molecule has 2 amide bonds. The van der Waals surface area contributed by atoms with Crippen LogP contribution in [0.25, 0.3) is 0 Å². The van der Waals surface area contributed by atoms with E-state index in [2.05, 4.69) is 20.8 Å². The summed E-state index contributed by atoms with van der Waals surface area (Å²) in [6.45, 7) is 1.97. The number of hydrogen-bond donors (Lipinski definition) is 2. The van der Waals surface area contributed by atoms with Crippen LogP contribution in [-0.4, -0.2) is 29.1 Å². The van der Waals surface area contributed by atoms with Crippen molar-refractivity contribution in [2.75, 3.05) is 17.7 Å². The average Bonchev–Trinajstić information content (AvgIpc) is 3.18. The van der Waals surface area contributed by atoms with Gasteiger partial charge in [-0.25, -0.2) is 0 Å². The molecule has 1 aromatic heterocycles. The molecule has 0 spiro atoms. The molecule has 0 saturated carbocycles. The van der Waals surface area contributed by atoms with E-state index in [1.54, 1.807) is 18.2 Å². The standard InChI is InChI=1S/C20H19ClN4O3S/c1-12-3-5-13(6-4-12)23-19(27)20-25-24-18(29-20)10-9-17(26)22-14-7-8-16(28-2)15(21)11-14/h3-8,11H,9-10H2,1-2H3,(H,22,26)(H,23,27). The fraction of sp³-hybridized carbons (Fsp3) is 0.200. The molecule has 0 unspecified atom stereocenters. The van der Waals surface area contributed by atoms with E-state index in [0.29, 0.717) is 33.6 Å². The number of halogens is 1. The molecule has 3 rings (SSSR count). The van der Waals surface area contributed by atoms with Crippen LogP contribution >= 0.6 is 22.9 Å². The first-order valence-corrected chi connectivity index (χ1v) is 9.98. The van der Waals surface area contributed by atoms with Gasteiger partial charge >= 0.3 is 0 Å². The summed E-state index contributed by atoms with van der Waals surface area (Å²) in [5.74, 6) is 0.0250. The third kappa shape index (κ3) is 5.75. The van der Waals surface area contributed by atoms with Gasteiger partial charge in [0.25, 0.3) is 5.91 Å². The van der Waals surface area contributed by atoms with Gasteiger partial charge in [-0.3, -0.25) is 9.59 Å². The molecule has 3 aromatic rings. The van der Waals surface area contributed by atoms with Crippen LogP contribution in [0.15, 0.2) is 42.5 Å². The number of aryl methyl sites for hydroxylation is 2. The van der Waals surface area contributed by atoms with Crippen molar-refractivity contribution >= 4 is 46.1 Å². The highest BCUT2D eigenvalue weighted by molar-refractivity contribution is 7.13. The minimum Gasteiger partial charge on any atom is -0.495 e. The van der Waals surface area contributed by atoms with Gasteiger partial charge in [0.15, 0.2) is 0 Å². The van der Waals surface area contributed by atoms with Crippen molar-refractivity contribution in [3.8, 4) is 5.75 Å². The number of ether oxygens (including phenoxy) is 1. The van der Waals surface area contributed by atoms with Crippen molar-refractivity contribution in [3.63, 3.8) is 0 Å². The normalized spacial score (nSPS) is 10.4. The summed E-state index contributed by atoms with van der Waals surface area (Å²) >= 11 is 7.22. The summed E-state index contributed by atoms with van der Waals surface area (Å²) in [6, 6.07) is 12.5. The van der Waals surface area contributed by atoms with Crippen molar-refractivity contribution in [2.24, 2.45) is 0 Å². The van der Waals surface area contributed by atoms with Gasteiger partial charge in [-0.1, -0.05) is 40.6 Å². The predicted octanol–water partition coefficient (Wildman–Crippen LogP) is 4.33. The van der Waals surface area contributed by atoms with Crippen LogP contribution in [-0.2, 0) is 11.2 Å². The maximum atomic E-state index is 12.3. The molecule has 0 aliphatic carbocycles. The number of amides is 2. The molecule has 2 aromatic carbocycles. The van der Waals surface area contributed by atoms with Crippen molar-refractivity contribution in [1.29, 1.82) is 0 Å². The fourth-order valence-electron chi connectivity index (χ4n) is 2.46. The Kier molecular flexibility index (Phi) is 6.79. The molecule has 0 fully saturated rings. The first-order valence-electron chi connectivity index (χ1n) is 8.78. The molecule has 0 bridgehead atoms. The van der Waals surface area contributed by atoms with Crippen LogP contribution in [0.5, 0.6) is 5.75 Å². The van der Waals surface area contributed by atoms with Gasteiger partial charge in [-0.15, -0.1) is 10.2 Å². The lowest BCUT2D eigenvalue weighted by Gasteiger charge is -2.07. The van der Waals surface area contributed by atoms with E-state index >= 15 is 0 Å². The number of methoxy groups -OCH3 is 1. The lowest BCUT2D eigenvalue weighted by molar-refractivity contribution is -0.116. The molecule has 7 nitrogen and oxygen atoms in total. The van der Waals surface area contributed by atoms with Gasteiger partial charge < -0.3 is 15.4 Å². The molecule has 29 heavy (non-hydrogen) atoms. The lowest BCUT2D eigenvalue weighted by Crippen LogP contribution is -2.12. The molecule has 0 aliphatic rings. The quantitative estimate of drug-likeness (QED) is 0.581. The monoisotopic (exact) mass is 430 g/mol. The van der Waals surface area contributed by atoms with Gasteiger partial charge in [-0.05, 0) is 37.3 Å². The van der Waals surface area contributed by atoms with E-state index in [1.807, 2.05) is 31.2 Å². The second-order valence-electron chi connectivity index (χ2n) is 6.22. The predicted molar refractivity (Wildman–Crippen MR) is 114 cm³/mol. The molecule has 2 N–H and O–H groups in total. The summed E-state index contributed by atoms with van der Waals surface area (Å²) < 4.78 is 5.08. The first kappa shape index (κ1) is 20.8. The Morgan fingerprint density at radius 1 is 1.07 bits per heavy atom. The van der Waals surface area contributed by atoms with Crippen molar-refractivity contribution < 1.29 is 14.3 Å². The highest BCUT2D eigenvalue weighted by Crippen LogP contribution is 2.27. The zero-order chi connectivity index (χ0) is 20.8. The van der Waals surface area contributed by atoms with Crippen LogP contribution in [0.1, 0.15) is 26.8 Å². The Morgan fingerprint density at radius 2 is 1.79 bits per heavy atom. The van der Waals surface area contributed by atoms with Crippen molar-refractivity contribution in [1.82, 2.24) is 10.2 Å². The van der Waals surface area contributed by atoms with Gasteiger partial charge in [0.05, 0.1) is 12.1 Å². The molecular weight excluding hydrogens is 412 g/mol. The van der Waals surface area contributed by atoms with Crippen LogP contribution in [0.4, 0.5) is 11.4 Å². The van der Waals surface area contributed by atoms with E-state index in [-0.39, 0.29) is 23.2 Å². The van der Waals surface area contributed by atoms with Crippen molar-refractivity contribution in [2.45, 2.75) is 19.8 Å². The first-order chi connectivity index (χ1) is 13.9. The number of benzene rings is 2. The number of nitrogens with one attached hydrogen (secondary N) is 2. The van der Waals surface area contributed by atoms with Gasteiger partial charge in [0, 0.05) is 24.2 Å². The summed E-state index contributed by atoms with van der Waals surface area (Å²) in [6.07, 6.45) is 0.586. The van der Waals surface area contributed by atoms with E-state index in [1.165, 1.54) is 18.4 Å². The minimum atomic E-state index is -0.324. The van der Waals surface area contributed by atoms with Gasteiger partial charge in [-0.2, -0.15) is 0 Å². The molecular formula is C20H19ClN4O3S. The number of rotatable bonds is 7.